The maximum absolute atomic E-state index is 11.4. The normalized spacial score (nSPS) is 12.3. The van der Waals surface area contributed by atoms with Crippen LogP contribution in [0.15, 0.2) is 18.2 Å². The van der Waals surface area contributed by atoms with Crippen LogP contribution in [0.4, 0.5) is 4.79 Å². The molecule has 1 aromatic carbocycles. The smallest absolute Gasteiger partial charge is 0.413 e. The molecule has 11 heteroatoms. The first-order valence-electron chi connectivity index (χ1n) is 6.13. The summed E-state index contributed by atoms with van der Waals surface area (Å²) in [6.07, 6.45) is -1.06. The summed E-state index contributed by atoms with van der Waals surface area (Å²) in [5.74, 6) is -0.401. The first-order valence-corrected chi connectivity index (χ1v) is 8.71. The summed E-state index contributed by atoms with van der Waals surface area (Å²) in [6, 6.07) is 4.65. The Morgan fingerprint density at radius 2 is 1.91 bits per heavy atom. The Kier molecular flexibility index (Phi) is 7.07. The van der Waals surface area contributed by atoms with E-state index in [2.05, 4.69) is 15.4 Å². The van der Waals surface area contributed by atoms with E-state index in [9.17, 15) is 13.2 Å². The van der Waals surface area contributed by atoms with Gasteiger partial charge in [0.2, 0.25) is 0 Å². The first kappa shape index (κ1) is 19.5. The third kappa shape index (κ3) is 6.61. The second kappa shape index (κ2) is 8.34. The standard InChI is InChI=1S/C12H15Cl2N3O5S/c1-21-12(18)17-11(15)16-6-9(22-23(2,19)20)10-7(13)4-3-5-8(10)14/h3-5,9H,6H2,1-2H3,(H3,15,16,17,18). The quantitative estimate of drug-likeness (QED) is 0.405. The Morgan fingerprint density at radius 1 is 1.35 bits per heavy atom. The van der Waals surface area contributed by atoms with Gasteiger partial charge in [0, 0.05) is 22.2 Å². The molecule has 0 spiro atoms. The van der Waals surface area contributed by atoms with Crippen LogP contribution >= 0.6 is 23.2 Å². The van der Waals surface area contributed by atoms with Crippen LogP contribution in [0.5, 0.6) is 0 Å². The molecule has 0 heterocycles. The molecule has 23 heavy (non-hydrogen) atoms. The van der Waals surface area contributed by atoms with Crippen molar-refractivity contribution in [1.82, 2.24) is 10.6 Å². The molecule has 0 saturated carbocycles. The minimum absolute atomic E-state index is 0.181. The Bertz CT molecular complexity index is 676. The minimum Gasteiger partial charge on any atom is -0.453 e. The molecule has 1 aromatic rings. The van der Waals surface area contributed by atoms with Crippen LogP contribution in [0.3, 0.4) is 0 Å². The number of nitrogens with one attached hydrogen (secondary N) is 3. The molecule has 0 aliphatic carbocycles. The van der Waals surface area contributed by atoms with Crippen molar-refractivity contribution >= 4 is 45.4 Å². The highest BCUT2D eigenvalue weighted by atomic mass is 35.5. The molecule has 0 aromatic heterocycles. The molecule has 1 atom stereocenters. The van der Waals surface area contributed by atoms with Gasteiger partial charge >= 0.3 is 6.09 Å². The maximum Gasteiger partial charge on any atom is 0.413 e. The predicted molar refractivity (Wildman–Crippen MR) is 86.4 cm³/mol. The van der Waals surface area contributed by atoms with Gasteiger partial charge in [-0.2, -0.15) is 8.42 Å². The van der Waals surface area contributed by atoms with E-state index >= 15 is 0 Å². The molecule has 0 bridgehead atoms. The zero-order valence-corrected chi connectivity index (χ0v) is 14.6. The van der Waals surface area contributed by atoms with E-state index in [0.717, 1.165) is 13.4 Å². The van der Waals surface area contributed by atoms with Crippen LogP contribution in [0.25, 0.3) is 0 Å². The number of methoxy groups -OCH3 is 1. The summed E-state index contributed by atoms with van der Waals surface area (Å²) in [6.45, 7) is -0.181. The van der Waals surface area contributed by atoms with Crippen molar-refractivity contribution in [2.24, 2.45) is 0 Å². The van der Waals surface area contributed by atoms with Crippen molar-refractivity contribution in [2.75, 3.05) is 19.9 Å². The van der Waals surface area contributed by atoms with Crippen molar-refractivity contribution in [3.63, 3.8) is 0 Å². The van der Waals surface area contributed by atoms with E-state index in [0.29, 0.717) is 0 Å². The van der Waals surface area contributed by atoms with Crippen LogP contribution in [0.2, 0.25) is 10.0 Å². The van der Waals surface area contributed by atoms with Gasteiger partial charge in [0.1, 0.15) is 6.10 Å². The molecule has 0 aliphatic heterocycles. The fraction of sp³-hybridized carbons (Fsp3) is 0.333. The van der Waals surface area contributed by atoms with E-state index in [1.165, 1.54) is 12.1 Å². The van der Waals surface area contributed by atoms with Crippen molar-refractivity contribution in [2.45, 2.75) is 6.10 Å². The Morgan fingerprint density at radius 3 is 2.39 bits per heavy atom. The van der Waals surface area contributed by atoms with Crippen molar-refractivity contribution in [1.29, 1.82) is 5.41 Å². The molecule has 0 aliphatic rings. The second-order valence-electron chi connectivity index (χ2n) is 4.30. The lowest BCUT2D eigenvalue weighted by molar-refractivity contribution is 0.176. The monoisotopic (exact) mass is 383 g/mol. The van der Waals surface area contributed by atoms with E-state index in [4.69, 9.17) is 32.8 Å². The van der Waals surface area contributed by atoms with Crippen molar-refractivity contribution in [3.8, 4) is 0 Å². The number of guanidine groups is 1. The van der Waals surface area contributed by atoms with E-state index in [1.807, 2.05) is 0 Å². The molecule has 1 unspecified atom stereocenters. The van der Waals surface area contributed by atoms with Crippen LogP contribution in [-0.4, -0.2) is 40.4 Å². The lowest BCUT2D eigenvalue weighted by Crippen LogP contribution is -2.42. The third-order valence-corrected chi connectivity index (χ3v) is 3.73. The van der Waals surface area contributed by atoms with Crippen molar-refractivity contribution < 1.29 is 22.1 Å². The molecule has 8 nitrogen and oxygen atoms in total. The molecular weight excluding hydrogens is 369 g/mol. The number of ether oxygens (including phenoxy) is 1. The molecule has 128 valence electrons. The lowest BCUT2D eigenvalue weighted by Gasteiger charge is -2.20. The molecule has 0 saturated heterocycles. The van der Waals surface area contributed by atoms with Crippen LogP contribution < -0.4 is 10.6 Å². The van der Waals surface area contributed by atoms with Gasteiger partial charge in [0.25, 0.3) is 10.1 Å². The van der Waals surface area contributed by atoms with Gasteiger partial charge in [-0.3, -0.25) is 14.9 Å². The van der Waals surface area contributed by atoms with Gasteiger partial charge in [-0.05, 0) is 12.1 Å². The molecule has 0 fully saturated rings. The zero-order valence-electron chi connectivity index (χ0n) is 12.2. The number of hydrogen-bond donors (Lipinski definition) is 3. The Balaban J connectivity index is 2.94. The SMILES string of the molecule is COC(=O)NC(=N)NCC(OS(C)(=O)=O)c1c(Cl)cccc1Cl. The topological polar surface area (TPSA) is 118 Å². The summed E-state index contributed by atoms with van der Waals surface area (Å²) >= 11 is 12.1. The van der Waals surface area contributed by atoms with Gasteiger partial charge < -0.3 is 10.1 Å². The van der Waals surface area contributed by atoms with Crippen LogP contribution in [-0.2, 0) is 19.0 Å². The minimum atomic E-state index is -3.82. The summed E-state index contributed by atoms with van der Waals surface area (Å²) in [5.41, 5.74) is 0.250. The number of carbonyl (C=O) groups is 1. The number of rotatable bonds is 5. The predicted octanol–water partition coefficient (Wildman–Crippen LogP) is 1.89. The van der Waals surface area contributed by atoms with Gasteiger partial charge in [0.15, 0.2) is 5.96 Å². The molecular formula is C12H15Cl2N3O5S. The number of hydrogen-bond acceptors (Lipinski definition) is 6. The third-order valence-electron chi connectivity index (χ3n) is 2.49. The summed E-state index contributed by atoms with van der Waals surface area (Å²) in [5, 5.41) is 12.5. The highest BCUT2D eigenvalue weighted by Gasteiger charge is 2.23. The largest absolute Gasteiger partial charge is 0.453 e. The Labute approximate surface area is 143 Å². The van der Waals surface area contributed by atoms with Crippen LogP contribution in [0, 0.1) is 5.41 Å². The van der Waals surface area contributed by atoms with Gasteiger partial charge in [-0.15, -0.1) is 0 Å². The maximum atomic E-state index is 11.4. The number of amides is 1. The first-order chi connectivity index (χ1) is 10.6. The molecule has 1 amide bonds. The highest BCUT2D eigenvalue weighted by Crippen LogP contribution is 2.32. The molecule has 1 rings (SSSR count). The van der Waals surface area contributed by atoms with Gasteiger partial charge in [-0.1, -0.05) is 29.3 Å². The number of halogens is 2. The van der Waals surface area contributed by atoms with Crippen LogP contribution in [0.1, 0.15) is 11.7 Å². The second-order valence-corrected chi connectivity index (χ2v) is 6.71. The molecule has 0 radical (unpaired) electrons. The van der Waals surface area contributed by atoms with Gasteiger partial charge in [-0.25, -0.2) is 4.79 Å². The van der Waals surface area contributed by atoms with E-state index in [1.54, 1.807) is 6.07 Å². The average Bonchev–Trinajstić information content (AvgIpc) is 2.42. The van der Waals surface area contributed by atoms with E-state index < -0.39 is 28.3 Å². The summed E-state index contributed by atoms with van der Waals surface area (Å²) in [4.78, 5) is 11.0. The summed E-state index contributed by atoms with van der Waals surface area (Å²) < 4.78 is 32.2. The average molecular weight is 384 g/mol. The summed E-state index contributed by atoms with van der Waals surface area (Å²) in [7, 11) is -2.68. The van der Waals surface area contributed by atoms with Gasteiger partial charge in [0.05, 0.1) is 13.4 Å². The van der Waals surface area contributed by atoms with E-state index in [-0.39, 0.29) is 22.2 Å². The fourth-order valence-electron chi connectivity index (χ4n) is 1.61. The highest BCUT2D eigenvalue weighted by molar-refractivity contribution is 7.86. The van der Waals surface area contributed by atoms with Crippen molar-refractivity contribution in [3.05, 3.63) is 33.8 Å². The lowest BCUT2D eigenvalue weighted by atomic mass is 10.1. The number of carbonyl (C=O) groups excluding carboxylic acids is 1. The zero-order chi connectivity index (χ0) is 17.6. The number of benzene rings is 1. The number of alkyl carbamates (subject to hydrolysis) is 1. The molecule has 3 N–H and O–H groups in total. The Hall–Kier alpha value is -1.55. The fourth-order valence-corrected chi connectivity index (χ4v) is 2.83.